The van der Waals surface area contributed by atoms with Gasteiger partial charge in [0, 0.05) is 43.5 Å². The van der Waals surface area contributed by atoms with Crippen LogP contribution in [-0.4, -0.2) is 33.4 Å². The first-order valence-electron chi connectivity index (χ1n) is 9.72. The molecule has 6 nitrogen and oxygen atoms in total. The summed E-state index contributed by atoms with van der Waals surface area (Å²) >= 11 is 0. The molecule has 158 valence electrons. The number of nitrogens with zero attached hydrogens (tertiary/aromatic N) is 1. The summed E-state index contributed by atoms with van der Waals surface area (Å²) < 4.78 is 16.8. The van der Waals surface area contributed by atoms with Crippen molar-refractivity contribution in [1.82, 2.24) is 0 Å². The van der Waals surface area contributed by atoms with E-state index >= 15 is 0 Å². The Hall–Kier alpha value is -3.93. The summed E-state index contributed by atoms with van der Waals surface area (Å²) in [6.07, 6.45) is 0. The number of rotatable bonds is 5. The zero-order chi connectivity index (χ0) is 22.1. The van der Waals surface area contributed by atoms with Gasteiger partial charge in [0.25, 0.3) is 0 Å². The Morgan fingerprint density at radius 1 is 0.871 bits per heavy atom. The van der Waals surface area contributed by atoms with Gasteiger partial charge in [-0.25, -0.2) is 0 Å². The van der Waals surface area contributed by atoms with Gasteiger partial charge in [-0.05, 0) is 41.5 Å². The maximum Gasteiger partial charge on any atom is 0.197 e. The zero-order valence-electron chi connectivity index (χ0n) is 17.8. The minimum atomic E-state index is -0.224. The predicted octanol–water partition coefficient (Wildman–Crippen LogP) is 4.92. The van der Waals surface area contributed by atoms with Gasteiger partial charge in [0.1, 0.15) is 34.0 Å². The van der Waals surface area contributed by atoms with Gasteiger partial charge in [0.2, 0.25) is 0 Å². The molecular formula is C25H23NO5. The summed E-state index contributed by atoms with van der Waals surface area (Å²) in [4.78, 5) is 15.0. The van der Waals surface area contributed by atoms with E-state index in [4.69, 9.17) is 13.9 Å². The SMILES string of the molecule is COc1cc(OC)c2c(=O)cc(-c3ccc(O)cc3-c3ccc(N(C)C)cc3)oc2c1. The third-order valence-electron chi connectivity index (χ3n) is 5.19. The molecule has 1 heterocycles. The molecule has 0 radical (unpaired) electrons. The topological polar surface area (TPSA) is 72.1 Å². The van der Waals surface area contributed by atoms with E-state index in [1.165, 1.54) is 20.3 Å². The number of phenolic OH excluding ortho intramolecular Hbond substituents is 1. The number of fused-ring (bicyclic) bond motifs is 1. The molecule has 4 rings (SSSR count). The molecule has 0 spiro atoms. The molecule has 6 heteroatoms. The van der Waals surface area contributed by atoms with E-state index in [0.717, 1.165) is 16.8 Å². The Morgan fingerprint density at radius 3 is 2.26 bits per heavy atom. The van der Waals surface area contributed by atoms with Gasteiger partial charge in [-0.15, -0.1) is 0 Å². The molecule has 0 saturated carbocycles. The van der Waals surface area contributed by atoms with Crippen LogP contribution in [0, 0.1) is 0 Å². The van der Waals surface area contributed by atoms with Gasteiger partial charge in [-0.2, -0.15) is 0 Å². The highest BCUT2D eigenvalue weighted by Crippen LogP contribution is 2.37. The summed E-state index contributed by atoms with van der Waals surface area (Å²) in [7, 11) is 6.98. The van der Waals surface area contributed by atoms with Gasteiger partial charge in [0.15, 0.2) is 5.43 Å². The average Bonchev–Trinajstić information content (AvgIpc) is 2.78. The molecule has 31 heavy (non-hydrogen) atoms. The van der Waals surface area contributed by atoms with Crippen molar-refractivity contribution < 1.29 is 19.0 Å². The van der Waals surface area contributed by atoms with Crippen molar-refractivity contribution in [3.8, 4) is 39.7 Å². The van der Waals surface area contributed by atoms with Crippen molar-refractivity contribution in [1.29, 1.82) is 0 Å². The molecule has 0 aliphatic carbocycles. The van der Waals surface area contributed by atoms with Crippen molar-refractivity contribution in [3.63, 3.8) is 0 Å². The lowest BCUT2D eigenvalue weighted by atomic mass is 9.97. The number of phenols is 1. The fourth-order valence-electron chi connectivity index (χ4n) is 3.56. The Bertz CT molecular complexity index is 1310. The Balaban J connectivity index is 1.93. The Morgan fingerprint density at radius 2 is 1.61 bits per heavy atom. The molecule has 4 aromatic rings. The number of methoxy groups -OCH3 is 2. The molecule has 0 aliphatic rings. The molecule has 0 unspecified atom stereocenters. The van der Waals surface area contributed by atoms with E-state index in [9.17, 15) is 9.90 Å². The summed E-state index contributed by atoms with van der Waals surface area (Å²) in [6, 6.07) is 17.7. The molecule has 1 N–H and O–H groups in total. The molecule has 3 aromatic carbocycles. The first-order valence-corrected chi connectivity index (χ1v) is 9.72. The second-order valence-electron chi connectivity index (χ2n) is 7.35. The first-order chi connectivity index (χ1) is 14.9. The van der Waals surface area contributed by atoms with E-state index in [1.807, 2.05) is 43.3 Å². The van der Waals surface area contributed by atoms with Crippen LogP contribution in [0.5, 0.6) is 17.2 Å². The van der Waals surface area contributed by atoms with Crippen molar-refractivity contribution in [3.05, 3.63) is 70.9 Å². The standard InChI is InChI=1S/C25H23NO5/c1-26(2)16-7-5-15(6-8-16)20-11-17(27)9-10-19(20)22-14-21(28)25-23(30-4)12-18(29-3)13-24(25)31-22/h5-14,27H,1-4H3. The van der Waals surface area contributed by atoms with Crippen LogP contribution in [0.1, 0.15) is 0 Å². The Labute approximate surface area is 179 Å². The highest BCUT2D eigenvalue weighted by atomic mass is 16.5. The van der Waals surface area contributed by atoms with E-state index in [0.29, 0.717) is 33.8 Å². The van der Waals surface area contributed by atoms with Gasteiger partial charge in [-0.1, -0.05) is 12.1 Å². The Kier molecular flexibility index (Phi) is 5.29. The van der Waals surface area contributed by atoms with E-state index in [-0.39, 0.29) is 11.2 Å². The fraction of sp³-hybridized carbons (Fsp3) is 0.160. The van der Waals surface area contributed by atoms with Crippen LogP contribution in [0.2, 0.25) is 0 Å². The van der Waals surface area contributed by atoms with Crippen LogP contribution >= 0.6 is 0 Å². The predicted molar refractivity (Wildman–Crippen MR) is 122 cm³/mol. The minimum Gasteiger partial charge on any atom is -0.508 e. The number of ether oxygens (including phenoxy) is 2. The van der Waals surface area contributed by atoms with Crippen LogP contribution in [-0.2, 0) is 0 Å². The van der Waals surface area contributed by atoms with Gasteiger partial charge < -0.3 is 23.9 Å². The first kappa shape index (κ1) is 20.3. The van der Waals surface area contributed by atoms with E-state index in [2.05, 4.69) is 0 Å². The normalized spacial score (nSPS) is 10.8. The van der Waals surface area contributed by atoms with Gasteiger partial charge in [-0.3, -0.25) is 4.79 Å². The second-order valence-corrected chi connectivity index (χ2v) is 7.35. The molecule has 0 saturated heterocycles. The summed E-state index contributed by atoms with van der Waals surface area (Å²) in [5, 5.41) is 10.5. The number of aromatic hydroxyl groups is 1. The molecule has 0 fully saturated rings. The van der Waals surface area contributed by atoms with Crippen molar-refractivity contribution in [2.45, 2.75) is 0 Å². The lowest BCUT2D eigenvalue weighted by Crippen LogP contribution is -2.07. The minimum absolute atomic E-state index is 0.127. The molecular weight excluding hydrogens is 394 g/mol. The largest absolute Gasteiger partial charge is 0.508 e. The van der Waals surface area contributed by atoms with Crippen LogP contribution < -0.4 is 19.8 Å². The van der Waals surface area contributed by atoms with Crippen molar-refractivity contribution in [2.75, 3.05) is 33.2 Å². The number of anilines is 1. The summed E-state index contributed by atoms with van der Waals surface area (Å²) in [5.41, 5.74) is 3.53. The summed E-state index contributed by atoms with van der Waals surface area (Å²) in [6.45, 7) is 0. The molecule has 0 bridgehead atoms. The number of benzene rings is 3. The molecule has 0 atom stereocenters. The number of hydrogen-bond donors (Lipinski definition) is 1. The maximum absolute atomic E-state index is 13.0. The molecule has 1 aromatic heterocycles. The molecule has 0 amide bonds. The quantitative estimate of drug-likeness (QED) is 0.497. The smallest absolute Gasteiger partial charge is 0.197 e. The number of hydrogen-bond acceptors (Lipinski definition) is 6. The van der Waals surface area contributed by atoms with Gasteiger partial charge in [0.05, 0.1) is 14.2 Å². The summed E-state index contributed by atoms with van der Waals surface area (Å²) in [5.74, 6) is 1.43. The highest BCUT2D eigenvalue weighted by Gasteiger charge is 2.16. The average molecular weight is 417 g/mol. The van der Waals surface area contributed by atoms with Crippen LogP contribution in [0.4, 0.5) is 5.69 Å². The fourth-order valence-corrected chi connectivity index (χ4v) is 3.56. The van der Waals surface area contributed by atoms with Crippen molar-refractivity contribution in [2.24, 2.45) is 0 Å². The maximum atomic E-state index is 13.0. The third-order valence-corrected chi connectivity index (χ3v) is 5.19. The van der Waals surface area contributed by atoms with E-state index in [1.54, 1.807) is 30.3 Å². The van der Waals surface area contributed by atoms with Crippen LogP contribution in [0.25, 0.3) is 33.4 Å². The third kappa shape index (κ3) is 3.80. The highest BCUT2D eigenvalue weighted by molar-refractivity contribution is 5.89. The van der Waals surface area contributed by atoms with Crippen LogP contribution in [0.15, 0.2) is 69.9 Å². The lowest BCUT2D eigenvalue weighted by molar-refractivity contribution is 0.396. The van der Waals surface area contributed by atoms with E-state index < -0.39 is 0 Å². The lowest BCUT2D eigenvalue weighted by Gasteiger charge is -2.15. The monoisotopic (exact) mass is 417 g/mol. The van der Waals surface area contributed by atoms with Gasteiger partial charge >= 0.3 is 0 Å². The molecule has 0 aliphatic heterocycles. The zero-order valence-corrected chi connectivity index (χ0v) is 17.8. The van der Waals surface area contributed by atoms with Crippen molar-refractivity contribution >= 4 is 16.7 Å². The van der Waals surface area contributed by atoms with Crippen LogP contribution in [0.3, 0.4) is 0 Å². The second kappa shape index (κ2) is 8.07.